The van der Waals surface area contributed by atoms with Crippen LogP contribution in [0, 0.1) is 0 Å². The number of carbonyl (C=O) groups excluding carboxylic acids is 3. The minimum atomic E-state index is -3.91. The SMILES string of the molecule is CCOC(=O)CCNC(=O)c1ccc(S(=O)(=O)Cc2c(O[C@H](Cn3ccnc3)c3ccccc3)ccc3c2CCCC3=O)cc1. The van der Waals surface area contributed by atoms with Crippen LogP contribution in [-0.2, 0) is 38.1 Å². The smallest absolute Gasteiger partial charge is 0.307 e. The van der Waals surface area contributed by atoms with Crippen LogP contribution in [0.5, 0.6) is 5.75 Å². The van der Waals surface area contributed by atoms with E-state index in [0.29, 0.717) is 48.2 Å². The van der Waals surface area contributed by atoms with Gasteiger partial charge >= 0.3 is 5.97 Å². The number of nitrogens with zero attached hydrogens (tertiary/aromatic N) is 2. The van der Waals surface area contributed by atoms with Crippen molar-refractivity contribution in [3.63, 3.8) is 0 Å². The standard InChI is InChI=1S/C34H35N3O7S/c1-2-43-33(39)17-18-36-34(40)25-11-13-26(14-12-25)45(41,42)22-29-27-9-6-10-30(38)28(27)15-16-31(29)44-32(21-37-20-19-35-23-37)24-7-4-3-5-8-24/h3-5,7-8,11-16,19-20,23,32H,2,6,9-10,17-18,21-22H2,1H3,(H,36,40)/t32-/m1/s1. The van der Waals surface area contributed by atoms with E-state index >= 15 is 0 Å². The molecule has 1 atom stereocenters. The lowest BCUT2D eigenvalue weighted by Crippen LogP contribution is -2.26. The van der Waals surface area contributed by atoms with Gasteiger partial charge in [-0.15, -0.1) is 0 Å². The molecule has 0 fully saturated rings. The molecule has 0 unspecified atom stereocenters. The first-order chi connectivity index (χ1) is 21.7. The zero-order chi connectivity index (χ0) is 31.8. The van der Waals surface area contributed by atoms with Gasteiger partial charge in [0.05, 0.1) is 36.5 Å². The number of hydrogen-bond donors (Lipinski definition) is 1. The molecule has 10 nitrogen and oxygen atoms in total. The molecule has 5 rings (SSSR count). The molecular formula is C34H35N3O7S. The Morgan fingerprint density at radius 1 is 1.02 bits per heavy atom. The second-order valence-corrected chi connectivity index (χ2v) is 12.7. The summed E-state index contributed by atoms with van der Waals surface area (Å²) >= 11 is 0. The highest BCUT2D eigenvalue weighted by Gasteiger charge is 2.28. The second kappa shape index (κ2) is 14.3. The largest absolute Gasteiger partial charge is 0.484 e. The summed E-state index contributed by atoms with van der Waals surface area (Å²) < 4.78 is 41.0. The molecule has 3 aromatic carbocycles. The number of sulfone groups is 1. The molecule has 11 heteroatoms. The highest BCUT2D eigenvalue weighted by Crippen LogP contribution is 2.36. The van der Waals surface area contributed by atoms with Gasteiger partial charge in [0.2, 0.25) is 0 Å². The fourth-order valence-electron chi connectivity index (χ4n) is 5.37. The molecule has 234 valence electrons. The van der Waals surface area contributed by atoms with Gasteiger partial charge in [0, 0.05) is 42.0 Å². The minimum absolute atomic E-state index is 0.0159. The first-order valence-electron chi connectivity index (χ1n) is 14.9. The highest BCUT2D eigenvalue weighted by atomic mass is 32.2. The van der Waals surface area contributed by atoms with Crippen LogP contribution in [-0.4, -0.2) is 48.8 Å². The van der Waals surface area contributed by atoms with Crippen molar-refractivity contribution >= 4 is 27.5 Å². The summed E-state index contributed by atoms with van der Waals surface area (Å²) in [6, 6.07) is 18.7. The summed E-state index contributed by atoms with van der Waals surface area (Å²) in [6.45, 7) is 2.51. The van der Waals surface area contributed by atoms with E-state index in [9.17, 15) is 22.8 Å². The van der Waals surface area contributed by atoms with Crippen LogP contribution in [0.1, 0.15) is 69.7 Å². The maximum atomic E-state index is 13.8. The number of ether oxygens (including phenoxy) is 2. The molecule has 0 aliphatic heterocycles. The van der Waals surface area contributed by atoms with Crippen LogP contribution in [0.15, 0.2) is 90.3 Å². The van der Waals surface area contributed by atoms with E-state index in [1.54, 1.807) is 31.6 Å². The molecule has 1 amide bonds. The van der Waals surface area contributed by atoms with Gasteiger partial charge in [-0.1, -0.05) is 30.3 Å². The summed E-state index contributed by atoms with van der Waals surface area (Å²) in [5, 5.41) is 2.64. The summed E-state index contributed by atoms with van der Waals surface area (Å²) in [5.41, 5.74) is 2.85. The van der Waals surface area contributed by atoms with E-state index < -0.39 is 27.8 Å². The molecule has 0 bridgehead atoms. The average Bonchev–Trinajstić information content (AvgIpc) is 3.56. The Bertz CT molecular complexity index is 1750. The fraction of sp³-hybridized carbons (Fsp3) is 0.294. The normalized spacial score (nSPS) is 13.5. The Labute approximate surface area is 262 Å². The van der Waals surface area contributed by atoms with Crippen molar-refractivity contribution in [3.8, 4) is 5.75 Å². The van der Waals surface area contributed by atoms with Gasteiger partial charge in [-0.2, -0.15) is 0 Å². The van der Waals surface area contributed by atoms with E-state index in [4.69, 9.17) is 9.47 Å². The molecule has 0 radical (unpaired) electrons. The third kappa shape index (κ3) is 7.85. The van der Waals surface area contributed by atoms with Crippen LogP contribution < -0.4 is 10.1 Å². The number of rotatable bonds is 13. The molecule has 45 heavy (non-hydrogen) atoms. The molecule has 0 saturated heterocycles. The van der Waals surface area contributed by atoms with Gasteiger partial charge in [-0.05, 0) is 67.3 Å². The van der Waals surface area contributed by atoms with E-state index in [-0.39, 0.29) is 41.6 Å². The Morgan fingerprint density at radius 3 is 2.51 bits per heavy atom. The molecule has 0 spiro atoms. The fourth-order valence-corrected chi connectivity index (χ4v) is 6.78. The van der Waals surface area contributed by atoms with Crippen molar-refractivity contribution in [2.45, 2.75) is 55.9 Å². The topological polar surface area (TPSA) is 134 Å². The first kappa shape index (κ1) is 31.6. The lowest BCUT2D eigenvalue weighted by Gasteiger charge is -2.25. The number of aromatic nitrogens is 2. The van der Waals surface area contributed by atoms with Crippen molar-refractivity contribution in [2.24, 2.45) is 0 Å². The number of benzene rings is 3. The Kier molecular flexibility index (Phi) is 10.1. The molecule has 0 saturated carbocycles. The number of amides is 1. The molecule has 1 aliphatic carbocycles. The van der Waals surface area contributed by atoms with Gasteiger partial charge < -0.3 is 19.4 Å². The van der Waals surface area contributed by atoms with Crippen LogP contribution in [0.4, 0.5) is 0 Å². The lowest BCUT2D eigenvalue weighted by molar-refractivity contribution is -0.142. The number of ketones is 1. The second-order valence-electron chi connectivity index (χ2n) is 10.7. The van der Waals surface area contributed by atoms with Crippen LogP contribution in [0.2, 0.25) is 0 Å². The maximum absolute atomic E-state index is 13.8. The molecule has 4 aromatic rings. The van der Waals surface area contributed by atoms with Crippen molar-refractivity contribution in [2.75, 3.05) is 13.2 Å². The van der Waals surface area contributed by atoms with Gasteiger partial charge in [0.1, 0.15) is 11.9 Å². The molecule has 1 aromatic heterocycles. The summed E-state index contributed by atoms with van der Waals surface area (Å²) in [6.07, 6.45) is 6.39. The van der Waals surface area contributed by atoms with Crippen LogP contribution in [0.25, 0.3) is 0 Å². The number of fused-ring (bicyclic) bond motifs is 1. The number of hydrogen-bond acceptors (Lipinski definition) is 8. The molecular weight excluding hydrogens is 594 g/mol. The summed E-state index contributed by atoms with van der Waals surface area (Å²) in [7, 11) is -3.91. The van der Waals surface area contributed by atoms with Crippen molar-refractivity contribution in [3.05, 3.63) is 113 Å². The summed E-state index contributed by atoms with van der Waals surface area (Å²) in [4.78, 5) is 41.1. The highest BCUT2D eigenvalue weighted by molar-refractivity contribution is 7.90. The maximum Gasteiger partial charge on any atom is 0.307 e. The quantitative estimate of drug-likeness (QED) is 0.207. The van der Waals surface area contributed by atoms with Gasteiger partial charge in [0.15, 0.2) is 15.6 Å². The van der Waals surface area contributed by atoms with Gasteiger partial charge in [-0.25, -0.2) is 13.4 Å². The van der Waals surface area contributed by atoms with Gasteiger partial charge in [-0.3, -0.25) is 14.4 Å². The predicted molar refractivity (Wildman–Crippen MR) is 167 cm³/mol. The third-order valence-corrected chi connectivity index (χ3v) is 9.28. The number of imidazole rings is 1. The van der Waals surface area contributed by atoms with Crippen LogP contribution >= 0.6 is 0 Å². The minimum Gasteiger partial charge on any atom is -0.484 e. The predicted octanol–water partition coefficient (Wildman–Crippen LogP) is 4.88. The van der Waals surface area contributed by atoms with E-state index in [0.717, 1.165) is 5.56 Å². The number of carbonyl (C=O) groups is 3. The van der Waals surface area contributed by atoms with E-state index in [1.807, 2.05) is 41.1 Å². The molecule has 1 N–H and O–H groups in total. The lowest BCUT2D eigenvalue weighted by atomic mass is 9.87. The van der Waals surface area contributed by atoms with E-state index in [1.165, 1.54) is 24.3 Å². The number of esters is 1. The number of nitrogens with one attached hydrogen (secondary N) is 1. The first-order valence-corrected chi connectivity index (χ1v) is 16.5. The zero-order valence-electron chi connectivity index (χ0n) is 25.0. The van der Waals surface area contributed by atoms with Crippen molar-refractivity contribution in [1.82, 2.24) is 14.9 Å². The molecule has 1 heterocycles. The van der Waals surface area contributed by atoms with Crippen molar-refractivity contribution in [1.29, 1.82) is 0 Å². The zero-order valence-corrected chi connectivity index (χ0v) is 25.8. The van der Waals surface area contributed by atoms with Crippen molar-refractivity contribution < 1.29 is 32.3 Å². The Morgan fingerprint density at radius 2 is 1.80 bits per heavy atom. The monoisotopic (exact) mass is 629 g/mol. The number of Topliss-reactive ketones (excluding diaryl/α,β-unsaturated/α-hetero) is 1. The Hall–Kier alpha value is -4.77. The summed E-state index contributed by atoms with van der Waals surface area (Å²) in [5.74, 6) is -0.837. The van der Waals surface area contributed by atoms with E-state index in [2.05, 4.69) is 10.3 Å². The van der Waals surface area contributed by atoms with Crippen LogP contribution in [0.3, 0.4) is 0 Å². The third-order valence-electron chi connectivity index (χ3n) is 7.63. The van der Waals surface area contributed by atoms with Gasteiger partial charge in [0.25, 0.3) is 5.91 Å². The Balaban J connectivity index is 1.41. The average molecular weight is 630 g/mol. The molecule has 1 aliphatic rings.